The van der Waals surface area contributed by atoms with Crippen molar-refractivity contribution in [3.8, 4) is 22.9 Å². The summed E-state index contributed by atoms with van der Waals surface area (Å²) in [6, 6.07) is 6.31. The molecule has 3 rings (SSSR count). The average molecular weight is 612 g/mol. The quantitative estimate of drug-likeness (QED) is 0.413. The summed E-state index contributed by atoms with van der Waals surface area (Å²) in [7, 11) is 0.794. The molecular formula is C20H12Br2F4N2O6. The van der Waals surface area contributed by atoms with E-state index < -0.39 is 47.2 Å². The number of hydrogen-bond donors (Lipinski definition) is 1. The molecule has 3 aromatic rings. The third-order valence-corrected chi connectivity index (χ3v) is 5.44. The Hall–Kier alpha value is -3.13. The van der Waals surface area contributed by atoms with Crippen LogP contribution in [-0.4, -0.2) is 26.8 Å². The molecule has 1 heterocycles. The van der Waals surface area contributed by atoms with E-state index in [1.807, 2.05) is 0 Å². The van der Waals surface area contributed by atoms with Crippen molar-refractivity contribution in [1.29, 1.82) is 0 Å². The van der Waals surface area contributed by atoms with Gasteiger partial charge in [0.2, 0.25) is 0 Å². The zero-order valence-electron chi connectivity index (χ0n) is 16.8. The molecule has 180 valence electrons. The maximum atomic E-state index is 14.7. The molecule has 0 radical (unpaired) electrons. The number of nitrogens with zero attached hydrogens (tertiary/aromatic N) is 2. The Morgan fingerprint density at radius 1 is 1.06 bits per heavy atom. The molecule has 0 unspecified atom stereocenters. The molecule has 0 aliphatic heterocycles. The number of carboxylic acid groups (broad SMARTS) is 1. The van der Waals surface area contributed by atoms with Crippen molar-refractivity contribution in [3.63, 3.8) is 0 Å². The highest BCUT2D eigenvalue weighted by molar-refractivity contribution is 9.10. The molecular weight excluding hydrogens is 600 g/mol. The van der Waals surface area contributed by atoms with Gasteiger partial charge in [0.1, 0.15) is 17.3 Å². The topological polar surface area (TPSA) is 99.8 Å². The Morgan fingerprint density at radius 3 is 2.35 bits per heavy atom. The van der Waals surface area contributed by atoms with E-state index in [4.69, 9.17) is 14.6 Å². The van der Waals surface area contributed by atoms with Crippen molar-refractivity contribution < 1.29 is 36.9 Å². The lowest BCUT2D eigenvalue weighted by molar-refractivity contribution is -0.144. The number of aromatic nitrogens is 2. The van der Waals surface area contributed by atoms with Crippen LogP contribution < -0.4 is 20.7 Å². The maximum absolute atomic E-state index is 14.7. The van der Waals surface area contributed by atoms with Gasteiger partial charge in [-0.2, -0.15) is 13.2 Å². The third-order valence-electron chi connectivity index (χ3n) is 4.33. The van der Waals surface area contributed by atoms with Gasteiger partial charge in [-0.25, -0.2) is 18.5 Å². The second-order valence-electron chi connectivity index (χ2n) is 6.65. The first-order chi connectivity index (χ1) is 15.8. The summed E-state index contributed by atoms with van der Waals surface area (Å²) < 4.78 is 65.8. The van der Waals surface area contributed by atoms with Crippen molar-refractivity contribution in [2.75, 3.05) is 6.61 Å². The van der Waals surface area contributed by atoms with Crippen LogP contribution >= 0.6 is 31.9 Å². The average Bonchev–Trinajstić information content (AvgIpc) is 2.72. The number of aliphatic carboxylic acids is 1. The Labute approximate surface area is 204 Å². The van der Waals surface area contributed by atoms with Crippen LogP contribution in [0.1, 0.15) is 5.69 Å². The molecule has 8 nitrogen and oxygen atoms in total. The summed E-state index contributed by atoms with van der Waals surface area (Å²) in [6.07, 6.45) is -4.98. The van der Waals surface area contributed by atoms with Crippen molar-refractivity contribution in [3.05, 3.63) is 77.7 Å². The largest absolute Gasteiger partial charge is 0.479 e. The van der Waals surface area contributed by atoms with Gasteiger partial charge in [0.05, 0.1) is 10.2 Å². The van der Waals surface area contributed by atoms with Crippen molar-refractivity contribution in [2.45, 2.75) is 6.18 Å². The van der Waals surface area contributed by atoms with Gasteiger partial charge in [-0.1, -0.05) is 15.9 Å². The number of benzene rings is 2. The summed E-state index contributed by atoms with van der Waals surface area (Å²) in [5, 5.41) is 8.83. The zero-order chi connectivity index (χ0) is 25.4. The van der Waals surface area contributed by atoms with Crippen LogP contribution in [0.2, 0.25) is 0 Å². The smallest absolute Gasteiger partial charge is 0.431 e. The van der Waals surface area contributed by atoms with Gasteiger partial charge >= 0.3 is 17.8 Å². The molecule has 0 saturated carbocycles. The number of rotatable bonds is 6. The predicted molar refractivity (Wildman–Crippen MR) is 117 cm³/mol. The van der Waals surface area contributed by atoms with Crippen LogP contribution in [0.5, 0.6) is 17.2 Å². The van der Waals surface area contributed by atoms with Gasteiger partial charge in [-0.3, -0.25) is 9.36 Å². The van der Waals surface area contributed by atoms with E-state index in [1.54, 1.807) is 6.07 Å². The van der Waals surface area contributed by atoms with E-state index in [9.17, 15) is 31.9 Å². The number of alkyl halides is 3. The molecule has 34 heavy (non-hydrogen) atoms. The predicted octanol–water partition coefficient (Wildman–Crippen LogP) is 4.47. The molecule has 1 N–H and O–H groups in total. The van der Waals surface area contributed by atoms with E-state index in [1.165, 1.54) is 12.1 Å². The summed E-state index contributed by atoms with van der Waals surface area (Å²) in [4.78, 5) is 35.7. The standard InChI is InChI=1S/C20H12Br2F4N2O6/c1-27-16(20(24,25)26)7-17(29)28(19(27)32)12-6-14(10(22)5-11(12)23)34-15-4-9(21)2-3-13(15)33-8-18(30)31/h2-7H,8H2,1H3,(H,30,31). The molecule has 0 saturated heterocycles. The van der Waals surface area contributed by atoms with E-state index >= 15 is 0 Å². The van der Waals surface area contributed by atoms with Crippen molar-refractivity contribution in [2.24, 2.45) is 7.05 Å². The van der Waals surface area contributed by atoms with Crippen LogP contribution in [0, 0.1) is 5.82 Å². The number of carbonyl (C=O) groups is 1. The second-order valence-corrected chi connectivity index (χ2v) is 8.42. The number of halogens is 6. The normalized spacial score (nSPS) is 11.4. The fourth-order valence-corrected chi connectivity index (χ4v) is 3.56. The molecule has 1 aromatic heterocycles. The third kappa shape index (κ3) is 5.33. The Morgan fingerprint density at radius 2 is 1.74 bits per heavy atom. The first-order valence-electron chi connectivity index (χ1n) is 9.01. The Kier molecular flexibility index (Phi) is 7.21. The monoisotopic (exact) mass is 610 g/mol. The lowest BCUT2D eigenvalue weighted by Crippen LogP contribution is -2.41. The van der Waals surface area contributed by atoms with Crippen molar-refractivity contribution >= 4 is 37.8 Å². The highest BCUT2D eigenvalue weighted by atomic mass is 79.9. The van der Waals surface area contributed by atoms with E-state index in [0.29, 0.717) is 4.47 Å². The first-order valence-corrected chi connectivity index (χ1v) is 10.6. The number of carboxylic acids is 1. The highest BCUT2D eigenvalue weighted by Gasteiger charge is 2.35. The molecule has 0 atom stereocenters. The Bertz CT molecular complexity index is 1400. The molecule has 0 spiro atoms. The van der Waals surface area contributed by atoms with E-state index in [2.05, 4.69) is 31.9 Å². The number of ether oxygens (including phenoxy) is 2. The Balaban J connectivity index is 2.14. The second kappa shape index (κ2) is 9.62. The molecule has 0 aliphatic rings. The number of hydrogen-bond acceptors (Lipinski definition) is 5. The minimum Gasteiger partial charge on any atom is -0.479 e. The van der Waals surface area contributed by atoms with Gasteiger partial charge in [-0.05, 0) is 40.2 Å². The van der Waals surface area contributed by atoms with Gasteiger partial charge in [0.25, 0.3) is 5.56 Å². The van der Waals surface area contributed by atoms with Crippen LogP contribution in [0.15, 0.2) is 54.9 Å². The SMILES string of the molecule is Cn1c(C(F)(F)F)cc(=O)n(-c2cc(Oc3cc(Br)ccc3OCC(=O)O)c(Br)cc2F)c1=O. The zero-order valence-corrected chi connectivity index (χ0v) is 20.0. The summed E-state index contributed by atoms with van der Waals surface area (Å²) in [5.41, 5.74) is -5.00. The minimum atomic E-state index is -4.98. The van der Waals surface area contributed by atoms with Gasteiger partial charge in [0.15, 0.2) is 18.1 Å². The lowest BCUT2D eigenvalue weighted by atomic mass is 10.2. The highest BCUT2D eigenvalue weighted by Crippen LogP contribution is 2.38. The first kappa shape index (κ1) is 25.5. The minimum absolute atomic E-state index is 0.00554. The fourth-order valence-electron chi connectivity index (χ4n) is 2.83. The van der Waals surface area contributed by atoms with Crippen LogP contribution in [-0.2, 0) is 18.0 Å². The van der Waals surface area contributed by atoms with Gasteiger partial charge in [-0.15, -0.1) is 0 Å². The summed E-state index contributed by atoms with van der Waals surface area (Å²) in [6.45, 7) is -0.690. The van der Waals surface area contributed by atoms with Crippen molar-refractivity contribution in [1.82, 2.24) is 9.13 Å². The molecule has 14 heteroatoms. The van der Waals surface area contributed by atoms with Crippen LogP contribution in [0.4, 0.5) is 17.6 Å². The van der Waals surface area contributed by atoms with Crippen LogP contribution in [0.25, 0.3) is 5.69 Å². The summed E-state index contributed by atoms with van der Waals surface area (Å²) in [5.74, 6) is -2.51. The molecule has 0 aliphatic carbocycles. The van der Waals surface area contributed by atoms with E-state index in [0.717, 1.165) is 19.2 Å². The van der Waals surface area contributed by atoms with Gasteiger partial charge < -0.3 is 14.6 Å². The molecule has 0 bridgehead atoms. The molecule has 0 fully saturated rings. The maximum Gasteiger partial charge on any atom is 0.431 e. The summed E-state index contributed by atoms with van der Waals surface area (Å²) >= 11 is 6.29. The fraction of sp³-hybridized carbons (Fsp3) is 0.150. The van der Waals surface area contributed by atoms with Crippen LogP contribution in [0.3, 0.4) is 0 Å². The molecule has 0 amide bonds. The van der Waals surface area contributed by atoms with E-state index in [-0.39, 0.29) is 36.9 Å². The van der Waals surface area contributed by atoms with Gasteiger partial charge in [0, 0.05) is 23.7 Å². The lowest BCUT2D eigenvalue weighted by Gasteiger charge is -2.16. The molecule has 2 aromatic carbocycles.